The summed E-state index contributed by atoms with van der Waals surface area (Å²) in [4.78, 5) is 11.6. The van der Waals surface area contributed by atoms with Crippen LogP contribution in [0.1, 0.15) is 15.9 Å². The molecule has 0 unspecified atom stereocenters. The second kappa shape index (κ2) is 6.40. The molecule has 0 amide bonds. The van der Waals surface area contributed by atoms with Crippen molar-refractivity contribution in [2.24, 2.45) is 0 Å². The molecule has 0 aliphatic rings. The number of fused-ring (bicyclic) bond motifs is 1. The van der Waals surface area contributed by atoms with E-state index >= 15 is 0 Å². The Kier molecular flexibility index (Phi) is 4.15. The highest BCUT2D eigenvalue weighted by atomic mass is 16.5. The number of benzene rings is 3. The Morgan fingerprint density at radius 3 is 2.52 bits per heavy atom. The van der Waals surface area contributed by atoms with Gasteiger partial charge in [0.05, 0.1) is 7.11 Å². The first kappa shape index (κ1) is 14.9. The summed E-state index contributed by atoms with van der Waals surface area (Å²) in [5.74, 6) is 0.0323. The molecule has 4 nitrogen and oxygen atoms in total. The monoisotopic (exact) mass is 308 g/mol. The van der Waals surface area contributed by atoms with E-state index in [4.69, 9.17) is 4.74 Å². The predicted octanol–water partition coefficient (Wildman–Crippen LogP) is 3.91. The Hall–Kier alpha value is -3.01. The zero-order valence-electron chi connectivity index (χ0n) is 12.7. The van der Waals surface area contributed by atoms with E-state index in [1.54, 1.807) is 6.07 Å². The van der Waals surface area contributed by atoms with Crippen molar-refractivity contribution in [2.75, 3.05) is 7.11 Å². The lowest BCUT2D eigenvalue weighted by molar-refractivity contribution is 0.0597. The number of methoxy groups -OCH3 is 1. The second-order valence-corrected chi connectivity index (χ2v) is 5.14. The Bertz CT molecular complexity index is 841. The summed E-state index contributed by atoms with van der Waals surface area (Å²) in [6.07, 6.45) is 0. The van der Waals surface area contributed by atoms with Crippen LogP contribution in [0.4, 0.5) is 0 Å². The van der Waals surface area contributed by atoms with Crippen LogP contribution in [0.15, 0.2) is 60.7 Å². The largest absolute Gasteiger partial charge is 0.507 e. The van der Waals surface area contributed by atoms with Gasteiger partial charge in [-0.05, 0) is 40.6 Å². The van der Waals surface area contributed by atoms with Gasteiger partial charge in [-0.15, -0.1) is 0 Å². The number of carbonyl (C=O) groups excluding carboxylic acids is 1. The molecule has 0 aliphatic heterocycles. The standard InChI is InChI=1S/C19H16O4/c1-22-19(21)17-10-14-7-8-16(9-15(14)11-18(17)20)23-12-13-5-3-2-4-6-13/h2-11,20H,12H2,1H3. The van der Waals surface area contributed by atoms with Gasteiger partial charge in [0.2, 0.25) is 0 Å². The van der Waals surface area contributed by atoms with Crippen LogP contribution in [-0.4, -0.2) is 18.2 Å². The molecule has 0 atom stereocenters. The molecule has 3 aromatic rings. The lowest BCUT2D eigenvalue weighted by Crippen LogP contribution is -2.01. The number of rotatable bonds is 4. The number of aromatic hydroxyl groups is 1. The first-order valence-electron chi connectivity index (χ1n) is 7.19. The fourth-order valence-corrected chi connectivity index (χ4v) is 2.37. The molecule has 116 valence electrons. The maximum absolute atomic E-state index is 11.6. The molecule has 0 saturated heterocycles. The Morgan fingerprint density at radius 1 is 1.00 bits per heavy atom. The number of hydrogen-bond acceptors (Lipinski definition) is 4. The van der Waals surface area contributed by atoms with E-state index in [-0.39, 0.29) is 11.3 Å². The zero-order chi connectivity index (χ0) is 16.2. The summed E-state index contributed by atoms with van der Waals surface area (Å²) in [7, 11) is 1.28. The SMILES string of the molecule is COC(=O)c1cc2ccc(OCc3ccccc3)cc2cc1O. The number of phenols is 1. The zero-order valence-corrected chi connectivity index (χ0v) is 12.7. The van der Waals surface area contributed by atoms with Crippen LogP contribution in [0.2, 0.25) is 0 Å². The number of carbonyl (C=O) groups is 1. The van der Waals surface area contributed by atoms with Crippen molar-refractivity contribution >= 4 is 16.7 Å². The molecule has 0 aromatic heterocycles. The van der Waals surface area contributed by atoms with Gasteiger partial charge in [-0.1, -0.05) is 36.4 Å². The minimum absolute atomic E-state index is 0.107. The topological polar surface area (TPSA) is 55.8 Å². The van der Waals surface area contributed by atoms with Crippen molar-refractivity contribution in [1.82, 2.24) is 0 Å². The summed E-state index contributed by atoms with van der Waals surface area (Å²) in [5.41, 5.74) is 1.23. The summed E-state index contributed by atoms with van der Waals surface area (Å²) < 4.78 is 10.4. The van der Waals surface area contributed by atoms with Crippen LogP contribution in [0, 0.1) is 0 Å². The van der Waals surface area contributed by atoms with Crippen molar-refractivity contribution in [3.05, 3.63) is 71.8 Å². The van der Waals surface area contributed by atoms with Crippen LogP contribution in [0.5, 0.6) is 11.5 Å². The van der Waals surface area contributed by atoms with E-state index < -0.39 is 5.97 Å². The van der Waals surface area contributed by atoms with Crippen LogP contribution in [0.25, 0.3) is 10.8 Å². The molecule has 3 rings (SSSR count). The van der Waals surface area contributed by atoms with E-state index in [0.29, 0.717) is 12.4 Å². The highest BCUT2D eigenvalue weighted by Gasteiger charge is 2.13. The normalized spacial score (nSPS) is 10.5. The fraction of sp³-hybridized carbons (Fsp3) is 0.105. The van der Waals surface area contributed by atoms with Crippen molar-refractivity contribution < 1.29 is 19.4 Å². The number of esters is 1. The van der Waals surface area contributed by atoms with Gasteiger partial charge in [-0.3, -0.25) is 0 Å². The van der Waals surface area contributed by atoms with Crippen molar-refractivity contribution in [2.45, 2.75) is 6.61 Å². The molecule has 0 saturated carbocycles. The molecule has 23 heavy (non-hydrogen) atoms. The number of hydrogen-bond donors (Lipinski definition) is 1. The molecule has 0 radical (unpaired) electrons. The van der Waals surface area contributed by atoms with Crippen molar-refractivity contribution in [1.29, 1.82) is 0 Å². The lowest BCUT2D eigenvalue weighted by atomic mass is 10.1. The van der Waals surface area contributed by atoms with E-state index in [2.05, 4.69) is 4.74 Å². The second-order valence-electron chi connectivity index (χ2n) is 5.14. The van der Waals surface area contributed by atoms with Crippen LogP contribution >= 0.6 is 0 Å². The lowest BCUT2D eigenvalue weighted by Gasteiger charge is -2.09. The van der Waals surface area contributed by atoms with E-state index in [1.165, 1.54) is 13.2 Å². The van der Waals surface area contributed by atoms with E-state index in [1.807, 2.05) is 48.5 Å². The van der Waals surface area contributed by atoms with Gasteiger partial charge in [0.1, 0.15) is 23.7 Å². The molecule has 3 aromatic carbocycles. The average molecular weight is 308 g/mol. The molecule has 0 fully saturated rings. The molecule has 0 heterocycles. The van der Waals surface area contributed by atoms with E-state index in [0.717, 1.165) is 16.3 Å². The van der Waals surface area contributed by atoms with Gasteiger partial charge in [-0.25, -0.2) is 4.79 Å². The smallest absolute Gasteiger partial charge is 0.341 e. The fourth-order valence-electron chi connectivity index (χ4n) is 2.37. The predicted molar refractivity (Wildman–Crippen MR) is 87.7 cm³/mol. The Morgan fingerprint density at radius 2 is 1.78 bits per heavy atom. The van der Waals surface area contributed by atoms with Crippen LogP contribution in [-0.2, 0) is 11.3 Å². The summed E-state index contributed by atoms with van der Waals surface area (Å²) in [6.45, 7) is 0.471. The van der Waals surface area contributed by atoms with Gasteiger partial charge in [0.15, 0.2) is 0 Å². The molecule has 0 aliphatic carbocycles. The van der Waals surface area contributed by atoms with Crippen molar-refractivity contribution in [3.8, 4) is 11.5 Å². The number of phenolic OH excluding ortho intramolecular Hbond substituents is 1. The molecule has 4 heteroatoms. The Labute approximate surface area is 133 Å². The Balaban J connectivity index is 1.86. The highest BCUT2D eigenvalue weighted by molar-refractivity contribution is 5.98. The number of ether oxygens (including phenoxy) is 2. The third-order valence-corrected chi connectivity index (χ3v) is 3.58. The van der Waals surface area contributed by atoms with Gasteiger partial charge in [-0.2, -0.15) is 0 Å². The molecule has 0 spiro atoms. The summed E-state index contributed by atoms with van der Waals surface area (Å²) >= 11 is 0. The highest BCUT2D eigenvalue weighted by Crippen LogP contribution is 2.28. The maximum Gasteiger partial charge on any atom is 0.341 e. The minimum atomic E-state index is -0.561. The van der Waals surface area contributed by atoms with E-state index in [9.17, 15) is 9.90 Å². The van der Waals surface area contributed by atoms with Gasteiger partial charge >= 0.3 is 5.97 Å². The van der Waals surface area contributed by atoms with Crippen molar-refractivity contribution in [3.63, 3.8) is 0 Å². The third-order valence-electron chi connectivity index (χ3n) is 3.58. The summed E-state index contributed by atoms with van der Waals surface area (Å²) in [5, 5.41) is 11.6. The quantitative estimate of drug-likeness (QED) is 0.742. The third kappa shape index (κ3) is 3.26. The summed E-state index contributed by atoms with van der Waals surface area (Å²) in [6, 6.07) is 18.5. The van der Waals surface area contributed by atoms with Gasteiger partial charge < -0.3 is 14.6 Å². The average Bonchev–Trinajstić information content (AvgIpc) is 2.59. The molecular weight excluding hydrogens is 292 g/mol. The van der Waals surface area contributed by atoms with Gasteiger partial charge in [0.25, 0.3) is 0 Å². The maximum atomic E-state index is 11.6. The first-order chi connectivity index (χ1) is 11.2. The first-order valence-corrected chi connectivity index (χ1v) is 7.19. The molecule has 0 bridgehead atoms. The molecule has 1 N–H and O–H groups in total. The van der Waals surface area contributed by atoms with Crippen LogP contribution in [0.3, 0.4) is 0 Å². The van der Waals surface area contributed by atoms with Crippen LogP contribution < -0.4 is 4.74 Å². The molecular formula is C19H16O4. The van der Waals surface area contributed by atoms with Gasteiger partial charge in [0, 0.05) is 0 Å². The minimum Gasteiger partial charge on any atom is -0.507 e.